The third-order valence-electron chi connectivity index (χ3n) is 4.43. The number of nitrogens with one attached hydrogen (secondary N) is 1. The molecule has 134 valence electrons. The summed E-state index contributed by atoms with van der Waals surface area (Å²) >= 11 is 6.05. The predicted molar refractivity (Wildman–Crippen MR) is 99.6 cm³/mol. The summed E-state index contributed by atoms with van der Waals surface area (Å²) in [5.74, 6) is 0.962. The molecular weight excluding hydrogens is 364 g/mol. The minimum Gasteiger partial charge on any atom is -0.453 e. The highest BCUT2D eigenvalue weighted by atomic mass is 35.5. The van der Waals surface area contributed by atoms with Crippen molar-refractivity contribution in [3.05, 3.63) is 75.6 Å². The van der Waals surface area contributed by atoms with Crippen LogP contribution in [0.5, 0.6) is 11.5 Å². The van der Waals surface area contributed by atoms with Crippen LogP contribution in [0.2, 0.25) is 5.02 Å². The number of benzene rings is 2. The van der Waals surface area contributed by atoms with Crippen LogP contribution in [0.3, 0.4) is 0 Å². The lowest BCUT2D eigenvalue weighted by Crippen LogP contribution is -2.23. The van der Waals surface area contributed by atoms with Crippen LogP contribution < -0.4 is 4.74 Å². The fraction of sp³-hybridized carbons (Fsp3) is 0.150. The van der Waals surface area contributed by atoms with Crippen LogP contribution in [0.1, 0.15) is 32.9 Å². The van der Waals surface area contributed by atoms with Gasteiger partial charge in [0.15, 0.2) is 5.75 Å². The molecule has 1 aliphatic rings. The molecule has 0 radical (unpaired) electrons. The molecule has 3 aromatic rings. The molecule has 0 bridgehead atoms. The number of carbonyl (C=O) groups excluding carboxylic acids is 1. The third kappa shape index (κ3) is 3.25. The SMILES string of the molecule is Cc1n[nH]c(CN2Cc3ccccc3C2=O)c1Oc1cc(Cl)cc(C#N)c1. The smallest absolute Gasteiger partial charge is 0.254 e. The first-order valence-electron chi connectivity index (χ1n) is 8.34. The quantitative estimate of drug-likeness (QED) is 0.737. The molecule has 2 aromatic carbocycles. The molecule has 0 unspecified atom stereocenters. The van der Waals surface area contributed by atoms with Crippen LogP contribution in [0.25, 0.3) is 0 Å². The van der Waals surface area contributed by atoms with Crippen LogP contribution in [0, 0.1) is 18.3 Å². The van der Waals surface area contributed by atoms with Gasteiger partial charge in [0.2, 0.25) is 0 Å². The summed E-state index contributed by atoms with van der Waals surface area (Å²) in [7, 11) is 0. The number of rotatable bonds is 4. The van der Waals surface area contributed by atoms with Gasteiger partial charge in [-0.05, 0) is 36.8 Å². The molecular formula is C20H15ClN4O2. The number of hydrogen-bond donors (Lipinski definition) is 1. The molecule has 1 N–H and O–H groups in total. The van der Waals surface area contributed by atoms with Gasteiger partial charge in [-0.1, -0.05) is 29.8 Å². The summed E-state index contributed by atoms with van der Waals surface area (Å²) in [5, 5.41) is 16.7. The Bertz CT molecular complexity index is 1080. The Labute approximate surface area is 160 Å². The van der Waals surface area contributed by atoms with Crippen molar-refractivity contribution in [1.82, 2.24) is 15.1 Å². The molecule has 0 fully saturated rings. The average molecular weight is 379 g/mol. The maximum Gasteiger partial charge on any atom is 0.254 e. The van der Waals surface area contributed by atoms with E-state index in [0.717, 1.165) is 11.1 Å². The molecule has 1 aromatic heterocycles. The largest absolute Gasteiger partial charge is 0.453 e. The minimum absolute atomic E-state index is 0.0154. The van der Waals surface area contributed by atoms with Gasteiger partial charge in [-0.25, -0.2) is 0 Å². The number of amides is 1. The van der Waals surface area contributed by atoms with E-state index in [1.54, 1.807) is 23.1 Å². The summed E-state index contributed by atoms with van der Waals surface area (Å²) in [6, 6.07) is 14.4. The molecule has 27 heavy (non-hydrogen) atoms. The first-order chi connectivity index (χ1) is 13.0. The minimum atomic E-state index is -0.0154. The van der Waals surface area contributed by atoms with Gasteiger partial charge in [-0.3, -0.25) is 9.89 Å². The number of aromatic amines is 1. The van der Waals surface area contributed by atoms with Crippen molar-refractivity contribution < 1.29 is 9.53 Å². The molecule has 0 saturated heterocycles. The zero-order valence-electron chi connectivity index (χ0n) is 14.5. The molecule has 4 rings (SSSR count). The summed E-state index contributed by atoms with van der Waals surface area (Å²) in [4.78, 5) is 14.3. The summed E-state index contributed by atoms with van der Waals surface area (Å²) < 4.78 is 5.96. The summed E-state index contributed by atoms with van der Waals surface area (Å²) in [6.07, 6.45) is 0. The van der Waals surface area contributed by atoms with Crippen molar-refractivity contribution in [2.45, 2.75) is 20.0 Å². The average Bonchev–Trinajstić information content (AvgIpc) is 3.16. The Kier molecular flexibility index (Phi) is 4.30. The third-order valence-corrected chi connectivity index (χ3v) is 4.64. The van der Waals surface area contributed by atoms with Crippen molar-refractivity contribution in [1.29, 1.82) is 5.26 Å². The molecule has 0 aliphatic carbocycles. The number of nitrogens with zero attached hydrogens (tertiary/aromatic N) is 3. The van der Waals surface area contributed by atoms with E-state index in [9.17, 15) is 4.79 Å². The van der Waals surface area contributed by atoms with Gasteiger partial charge in [0.05, 0.1) is 23.9 Å². The lowest BCUT2D eigenvalue weighted by Gasteiger charge is -2.16. The highest BCUT2D eigenvalue weighted by Crippen LogP contribution is 2.32. The van der Waals surface area contributed by atoms with Gasteiger partial charge in [0.1, 0.15) is 11.4 Å². The van der Waals surface area contributed by atoms with Gasteiger partial charge >= 0.3 is 0 Å². The number of fused-ring (bicyclic) bond motifs is 1. The van der Waals surface area contributed by atoms with E-state index in [-0.39, 0.29) is 5.91 Å². The number of aryl methyl sites for hydroxylation is 1. The van der Waals surface area contributed by atoms with E-state index in [2.05, 4.69) is 16.3 Å². The van der Waals surface area contributed by atoms with Gasteiger partial charge in [-0.2, -0.15) is 10.4 Å². The van der Waals surface area contributed by atoms with Crippen molar-refractivity contribution in [2.75, 3.05) is 0 Å². The van der Waals surface area contributed by atoms with E-state index in [4.69, 9.17) is 21.6 Å². The van der Waals surface area contributed by atoms with E-state index < -0.39 is 0 Å². The highest BCUT2D eigenvalue weighted by Gasteiger charge is 2.28. The first-order valence-corrected chi connectivity index (χ1v) is 8.72. The zero-order valence-corrected chi connectivity index (χ0v) is 15.2. The van der Waals surface area contributed by atoms with Gasteiger partial charge in [0.25, 0.3) is 5.91 Å². The number of halogens is 1. The van der Waals surface area contributed by atoms with Gasteiger partial charge in [0, 0.05) is 17.1 Å². The van der Waals surface area contributed by atoms with Crippen LogP contribution in [0.15, 0.2) is 42.5 Å². The predicted octanol–water partition coefficient (Wildman–Crippen LogP) is 4.19. The second kappa shape index (κ2) is 6.78. The molecule has 6 nitrogen and oxygen atoms in total. The number of carbonyl (C=O) groups is 1. The number of H-pyrrole nitrogens is 1. The maximum atomic E-state index is 12.6. The lowest BCUT2D eigenvalue weighted by atomic mass is 10.1. The van der Waals surface area contributed by atoms with Crippen LogP contribution in [0.4, 0.5) is 0 Å². The van der Waals surface area contributed by atoms with E-state index in [1.165, 1.54) is 0 Å². The summed E-state index contributed by atoms with van der Waals surface area (Å²) in [5.41, 5.74) is 3.49. The molecule has 0 atom stereocenters. The Morgan fingerprint density at radius 2 is 2.15 bits per heavy atom. The van der Waals surface area contributed by atoms with Crippen molar-refractivity contribution in [3.63, 3.8) is 0 Å². The Hall–Kier alpha value is -3.30. The van der Waals surface area contributed by atoms with Crippen molar-refractivity contribution >= 4 is 17.5 Å². The monoisotopic (exact) mass is 378 g/mol. The van der Waals surface area contributed by atoms with Crippen LogP contribution >= 0.6 is 11.6 Å². The Morgan fingerprint density at radius 3 is 2.93 bits per heavy atom. The Balaban J connectivity index is 1.59. The van der Waals surface area contributed by atoms with Crippen molar-refractivity contribution in [3.8, 4) is 17.6 Å². The highest BCUT2D eigenvalue weighted by molar-refractivity contribution is 6.30. The topological polar surface area (TPSA) is 82.0 Å². The van der Waals surface area contributed by atoms with E-state index in [1.807, 2.05) is 31.2 Å². The van der Waals surface area contributed by atoms with Crippen LogP contribution in [-0.4, -0.2) is 21.0 Å². The number of ether oxygens (including phenoxy) is 1. The number of nitriles is 1. The fourth-order valence-corrected chi connectivity index (χ4v) is 3.38. The molecule has 1 aliphatic heterocycles. The second-order valence-electron chi connectivity index (χ2n) is 6.32. The number of aromatic nitrogens is 2. The first kappa shape index (κ1) is 17.1. The molecule has 0 spiro atoms. The second-order valence-corrected chi connectivity index (χ2v) is 6.76. The van der Waals surface area contributed by atoms with E-state index in [0.29, 0.717) is 46.6 Å². The summed E-state index contributed by atoms with van der Waals surface area (Å²) in [6.45, 7) is 2.70. The normalized spacial score (nSPS) is 12.8. The standard InChI is InChI=1S/C20H15ClN4O2/c1-12-19(27-16-7-13(9-22)6-15(21)8-16)18(24-23-12)11-25-10-14-4-2-3-5-17(14)20(25)26/h2-8H,10-11H2,1H3,(H,23,24). The van der Waals surface area contributed by atoms with Gasteiger partial charge in [-0.15, -0.1) is 0 Å². The van der Waals surface area contributed by atoms with Crippen LogP contribution in [-0.2, 0) is 13.1 Å². The lowest BCUT2D eigenvalue weighted by molar-refractivity contribution is 0.0764. The zero-order chi connectivity index (χ0) is 19.0. The van der Waals surface area contributed by atoms with E-state index >= 15 is 0 Å². The molecule has 2 heterocycles. The fourth-order valence-electron chi connectivity index (χ4n) is 3.15. The molecule has 1 amide bonds. The van der Waals surface area contributed by atoms with Crippen molar-refractivity contribution in [2.24, 2.45) is 0 Å². The number of hydrogen-bond acceptors (Lipinski definition) is 4. The molecule has 0 saturated carbocycles. The Morgan fingerprint density at radius 1 is 1.33 bits per heavy atom. The molecule has 7 heteroatoms. The maximum absolute atomic E-state index is 12.6. The van der Waals surface area contributed by atoms with Gasteiger partial charge < -0.3 is 9.64 Å².